The van der Waals surface area contributed by atoms with Crippen LogP contribution in [0.15, 0.2) is 24.3 Å². The van der Waals surface area contributed by atoms with Crippen LogP contribution in [0.2, 0.25) is 0 Å². The Hall–Kier alpha value is -1.06. The van der Waals surface area contributed by atoms with Crippen molar-refractivity contribution >= 4 is 0 Å². The summed E-state index contributed by atoms with van der Waals surface area (Å²) in [6.45, 7) is 9.09. The third kappa shape index (κ3) is 2.69. The van der Waals surface area contributed by atoms with Gasteiger partial charge in [-0.1, -0.05) is 18.2 Å². The molecule has 2 heterocycles. The molecule has 3 heteroatoms. The lowest BCUT2D eigenvalue weighted by molar-refractivity contribution is -0.0910. The zero-order valence-electron chi connectivity index (χ0n) is 13.4. The first-order valence-corrected chi connectivity index (χ1v) is 7.90. The summed E-state index contributed by atoms with van der Waals surface area (Å²) in [7, 11) is 0. The average Bonchev–Trinajstić information content (AvgIpc) is 2.65. The summed E-state index contributed by atoms with van der Waals surface area (Å²) in [5, 5.41) is 11.1. The molecule has 3 unspecified atom stereocenters. The van der Waals surface area contributed by atoms with Gasteiger partial charge in [0.25, 0.3) is 0 Å². The van der Waals surface area contributed by atoms with Gasteiger partial charge >= 0.3 is 0 Å². The van der Waals surface area contributed by atoms with Crippen molar-refractivity contribution < 1.29 is 14.6 Å². The normalized spacial score (nSPS) is 31.3. The molecule has 2 aliphatic heterocycles. The molecule has 0 aliphatic carbocycles. The highest BCUT2D eigenvalue weighted by Crippen LogP contribution is 2.48. The van der Waals surface area contributed by atoms with Crippen LogP contribution in [-0.4, -0.2) is 29.0 Å². The van der Waals surface area contributed by atoms with Crippen LogP contribution in [0.1, 0.15) is 52.0 Å². The fraction of sp³-hybridized carbons (Fsp3) is 0.667. The van der Waals surface area contributed by atoms with Gasteiger partial charge in [-0.2, -0.15) is 0 Å². The van der Waals surface area contributed by atoms with Crippen LogP contribution < -0.4 is 4.74 Å². The summed E-state index contributed by atoms with van der Waals surface area (Å²) >= 11 is 0. The Bertz CT molecular complexity index is 521. The van der Waals surface area contributed by atoms with E-state index < -0.39 is 6.10 Å². The highest BCUT2D eigenvalue weighted by Gasteiger charge is 2.50. The van der Waals surface area contributed by atoms with Gasteiger partial charge in [-0.25, -0.2) is 0 Å². The molecule has 1 N–H and O–H groups in total. The highest BCUT2D eigenvalue weighted by molar-refractivity contribution is 5.38. The number of benzene rings is 1. The van der Waals surface area contributed by atoms with Gasteiger partial charge < -0.3 is 14.6 Å². The minimum Gasteiger partial charge on any atom is -0.493 e. The summed E-state index contributed by atoms with van der Waals surface area (Å²) < 4.78 is 11.9. The predicted octanol–water partition coefficient (Wildman–Crippen LogP) is 3.51. The van der Waals surface area contributed by atoms with Gasteiger partial charge in [-0.15, -0.1) is 0 Å². The van der Waals surface area contributed by atoms with Crippen molar-refractivity contribution in [3.8, 4) is 5.75 Å². The van der Waals surface area contributed by atoms with Crippen LogP contribution in [0, 0.1) is 5.92 Å². The molecular weight excluding hydrogens is 264 g/mol. The molecule has 116 valence electrons. The van der Waals surface area contributed by atoms with Gasteiger partial charge in [-0.3, -0.25) is 0 Å². The summed E-state index contributed by atoms with van der Waals surface area (Å²) in [5.74, 6) is 1.20. The second-order valence-corrected chi connectivity index (χ2v) is 7.55. The molecule has 3 rings (SSSR count). The molecule has 0 amide bonds. The third-order valence-corrected chi connectivity index (χ3v) is 4.97. The Kier molecular flexibility index (Phi) is 3.53. The first-order chi connectivity index (χ1) is 9.80. The molecule has 1 fully saturated rings. The van der Waals surface area contributed by atoms with E-state index in [1.54, 1.807) is 0 Å². The van der Waals surface area contributed by atoms with Crippen LogP contribution in [0.5, 0.6) is 5.75 Å². The number of aliphatic hydroxyl groups is 1. The van der Waals surface area contributed by atoms with E-state index >= 15 is 0 Å². The van der Waals surface area contributed by atoms with E-state index in [1.807, 2.05) is 18.2 Å². The van der Waals surface area contributed by atoms with Gasteiger partial charge in [0.1, 0.15) is 5.75 Å². The first kappa shape index (κ1) is 14.9. The molecule has 0 radical (unpaired) electrons. The monoisotopic (exact) mass is 290 g/mol. The van der Waals surface area contributed by atoms with Crippen LogP contribution >= 0.6 is 0 Å². The van der Waals surface area contributed by atoms with E-state index in [2.05, 4.69) is 33.8 Å². The predicted molar refractivity (Wildman–Crippen MR) is 82.7 cm³/mol. The zero-order valence-corrected chi connectivity index (χ0v) is 13.4. The second-order valence-electron chi connectivity index (χ2n) is 7.55. The molecule has 0 bridgehead atoms. The maximum Gasteiger partial charge on any atom is 0.122 e. The minimum absolute atomic E-state index is 0.136. The molecule has 1 saturated heterocycles. The molecule has 21 heavy (non-hydrogen) atoms. The Morgan fingerprint density at radius 2 is 1.90 bits per heavy atom. The van der Waals surface area contributed by atoms with Crippen molar-refractivity contribution in [2.24, 2.45) is 5.92 Å². The topological polar surface area (TPSA) is 38.7 Å². The maximum atomic E-state index is 11.1. The Morgan fingerprint density at radius 1 is 1.19 bits per heavy atom. The Balaban J connectivity index is 1.88. The van der Waals surface area contributed by atoms with Crippen LogP contribution in [0.25, 0.3) is 0 Å². The molecule has 3 nitrogen and oxygen atoms in total. The SMILES string of the molecule is CC1(C)CC(C(O)C2CCOc3ccccc32)C(C)(C)O1. The van der Waals surface area contributed by atoms with Crippen molar-refractivity contribution in [2.45, 2.75) is 63.8 Å². The molecule has 0 spiro atoms. The molecule has 2 aliphatic rings. The largest absolute Gasteiger partial charge is 0.493 e. The number of hydrogen-bond acceptors (Lipinski definition) is 3. The fourth-order valence-electron chi connectivity index (χ4n) is 4.14. The quantitative estimate of drug-likeness (QED) is 0.906. The lowest BCUT2D eigenvalue weighted by atomic mass is 9.74. The van der Waals surface area contributed by atoms with E-state index in [0.29, 0.717) is 6.61 Å². The van der Waals surface area contributed by atoms with Gasteiger partial charge in [-0.05, 0) is 52.2 Å². The number of aliphatic hydroxyl groups excluding tert-OH is 1. The highest BCUT2D eigenvalue weighted by atomic mass is 16.5. The first-order valence-electron chi connectivity index (χ1n) is 7.90. The number of ether oxygens (including phenoxy) is 2. The summed E-state index contributed by atoms with van der Waals surface area (Å²) in [5.41, 5.74) is 0.674. The van der Waals surface area contributed by atoms with Gasteiger partial charge in [0.2, 0.25) is 0 Å². The minimum atomic E-state index is -0.396. The maximum absolute atomic E-state index is 11.1. The van der Waals surface area contributed by atoms with E-state index in [4.69, 9.17) is 9.47 Å². The molecular formula is C18H26O3. The van der Waals surface area contributed by atoms with Crippen LogP contribution in [0.4, 0.5) is 0 Å². The van der Waals surface area contributed by atoms with Crippen molar-refractivity contribution in [3.63, 3.8) is 0 Å². The summed E-state index contributed by atoms with van der Waals surface area (Å²) in [6.07, 6.45) is 1.36. The summed E-state index contributed by atoms with van der Waals surface area (Å²) in [6, 6.07) is 8.08. The third-order valence-electron chi connectivity index (χ3n) is 4.97. The standard InChI is InChI=1S/C18H26O3/c1-17(2)11-14(18(3,4)21-17)16(19)13-9-10-20-15-8-6-5-7-12(13)15/h5-8,13-14,16,19H,9-11H2,1-4H3. The Labute approximate surface area is 127 Å². The van der Waals surface area contributed by atoms with Crippen LogP contribution in [-0.2, 0) is 4.74 Å². The van der Waals surface area contributed by atoms with Crippen LogP contribution in [0.3, 0.4) is 0 Å². The molecule has 0 aromatic heterocycles. The summed E-state index contributed by atoms with van der Waals surface area (Å²) in [4.78, 5) is 0. The number of rotatable bonds is 2. The van der Waals surface area contributed by atoms with E-state index in [0.717, 1.165) is 24.2 Å². The average molecular weight is 290 g/mol. The number of para-hydroxylation sites is 1. The smallest absolute Gasteiger partial charge is 0.122 e. The van der Waals surface area contributed by atoms with Crippen molar-refractivity contribution in [3.05, 3.63) is 29.8 Å². The van der Waals surface area contributed by atoms with Gasteiger partial charge in [0.15, 0.2) is 0 Å². The lowest BCUT2D eigenvalue weighted by Crippen LogP contribution is -2.40. The number of hydrogen-bond donors (Lipinski definition) is 1. The van der Waals surface area contributed by atoms with Crippen molar-refractivity contribution in [1.82, 2.24) is 0 Å². The van der Waals surface area contributed by atoms with Gasteiger partial charge in [0, 0.05) is 11.8 Å². The van der Waals surface area contributed by atoms with Crippen molar-refractivity contribution in [1.29, 1.82) is 0 Å². The van der Waals surface area contributed by atoms with E-state index in [9.17, 15) is 5.11 Å². The molecule has 0 saturated carbocycles. The Morgan fingerprint density at radius 3 is 2.57 bits per heavy atom. The molecule has 1 aromatic carbocycles. The van der Waals surface area contributed by atoms with E-state index in [-0.39, 0.29) is 23.0 Å². The van der Waals surface area contributed by atoms with E-state index in [1.165, 1.54) is 0 Å². The number of fused-ring (bicyclic) bond motifs is 1. The second kappa shape index (κ2) is 4.99. The van der Waals surface area contributed by atoms with Crippen molar-refractivity contribution in [2.75, 3.05) is 6.61 Å². The zero-order chi connectivity index (χ0) is 15.3. The van der Waals surface area contributed by atoms with Gasteiger partial charge in [0.05, 0.1) is 23.9 Å². The molecule has 3 atom stereocenters. The fourth-order valence-corrected chi connectivity index (χ4v) is 4.14. The lowest BCUT2D eigenvalue weighted by Gasteiger charge is -2.36. The molecule has 1 aromatic rings.